The first kappa shape index (κ1) is 50.9. The van der Waals surface area contributed by atoms with Crippen LogP contribution < -0.4 is 0 Å². The minimum absolute atomic E-state index is 0.169. The molecular formula is C24H18F26O4. The van der Waals surface area contributed by atoms with Crippen LogP contribution in [0.5, 0.6) is 0 Å². The number of carbonyl (C=O) groups excluding carboxylic acids is 2. The molecule has 0 saturated carbocycles. The number of esters is 2. The molecule has 320 valence electrons. The molecular weight excluding hydrogens is 846 g/mol. The largest absolute Gasteiger partial charge is 0.418 e. The van der Waals surface area contributed by atoms with Crippen molar-refractivity contribution in [3.63, 3.8) is 0 Å². The van der Waals surface area contributed by atoms with Crippen molar-refractivity contribution in [3.05, 3.63) is 12.2 Å². The summed E-state index contributed by atoms with van der Waals surface area (Å²) in [5, 5.41) is 0. The Hall–Kier alpha value is -3.14. The van der Waals surface area contributed by atoms with Gasteiger partial charge in [-0.1, -0.05) is 27.7 Å². The maximum absolute atomic E-state index is 15.1. The van der Waals surface area contributed by atoms with Gasteiger partial charge in [0.15, 0.2) is 0 Å². The number of hydrogen-bond donors (Lipinski definition) is 0. The van der Waals surface area contributed by atoms with E-state index in [9.17, 15) is 115 Å². The zero-order chi connectivity index (χ0) is 44.3. The molecule has 0 bridgehead atoms. The normalized spacial score (nSPS) is 17.7. The van der Waals surface area contributed by atoms with Gasteiger partial charge in [-0.05, 0) is 0 Å². The Bertz CT molecular complexity index is 1290. The molecule has 0 aromatic carbocycles. The van der Waals surface area contributed by atoms with E-state index in [0.29, 0.717) is 0 Å². The van der Waals surface area contributed by atoms with Gasteiger partial charge in [0.25, 0.3) is 0 Å². The average Bonchev–Trinajstić information content (AvgIpc) is 2.98. The summed E-state index contributed by atoms with van der Waals surface area (Å²) in [5.74, 6) is -106. The molecule has 0 aromatic heterocycles. The molecule has 0 spiro atoms. The fraction of sp³-hybridized carbons (Fsp3) is 0.833. The van der Waals surface area contributed by atoms with E-state index in [1.165, 1.54) is 0 Å². The third-order valence-electron chi connectivity index (χ3n) is 6.95. The van der Waals surface area contributed by atoms with Crippen LogP contribution in [0.1, 0.15) is 27.7 Å². The van der Waals surface area contributed by atoms with E-state index in [2.05, 4.69) is 9.47 Å². The fourth-order valence-corrected chi connectivity index (χ4v) is 3.50. The molecule has 0 heterocycles. The number of carbonyl (C=O) groups is 2. The zero-order valence-corrected chi connectivity index (χ0v) is 25.9. The maximum atomic E-state index is 15.1. The molecule has 0 amide bonds. The van der Waals surface area contributed by atoms with Crippen molar-refractivity contribution in [2.75, 3.05) is 0 Å². The molecule has 0 saturated heterocycles. The van der Waals surface area contributed by atoms with Gasteiger partial charge in [-0.3, -0.25) is 0 Å². The molecule has 0 N–H and O–H groups in total. The standard InChI is InChI=1S/C24H18F26O4/c1-7(2)15(33,19(39,40)23(47,48)21(43,44)17(35,36)13(29,30)11(25)26)53-9(51)5-6-10(52)54-16(34,8(3)4)20(41,42)24(49,50)22(45,46)18(37,38)14(31,32)12(27)28/h5-8,11-12H,1-4H3/b6-5+. The molecule has 2 unspecified atom stereocenters. The van der Waals surface area contributed by atoms with E-state index in [4.69, 9.17) is 0 Å². The van der Waals surface area contributed by atoms with Crippen molar-refractivity contribution in [2.24, 2.45) is 11.8 Å². The van der Waals surface area contributed by atoms with E-state index in [1.54, 1.807) is 0 Å². The van der Waals surface area contributed by atoms with Gasteiger partial charge in [-0.15, -0.1) is 0 Å². The first-order valence-electron chi connectivity index (χ1n) is 13.1. The minimum atomic E-state index is -8.41. The summed E-state index contributed by atoms with van der Waals surface area (Å²) in [7, 11) is 0. The Balaban J connectivity index is 6.89. The van der Waals surface area contributed by atoms with Gasteiger partial charge in [0.1, 0.15) is 0 Å². The molecule has 0 aliphatic rings. The Morgan fingerprint density at radius 2 is 0.556 bits per heavy atom. The van der Waals surface area contributed by atoms with Gasteiger partial charge in [0.2, 0.25) is 0 Å². The van der Waals surface area contributed by atoms with Crippen molar-refractivity contribution in [1.82, 2.24) is 0 Å². The van der Waals surface area contributed by atoms with E-state index >= 15 is 8.78 Å². The van der Waals surface area contributed by atoms with E-state index in [0.717, 1.165) is 0 Å². The molecule has 2 atom stereocenters. The lowest BCUT2D eigenvalue weighted by Crippen LogP contribution is -2.73. The first-order valence-corrected chi connectivity index (χ1v) is 13.1. The molecule has 54 heavy (non-hydrogen) atoms. The van der Waals surface area contributed by atoms with Crippen molar-refractivity contribution in [1.29, 1.82) is 0 Å². The van der Waals surface area contributed by atoms with Gasteiger partial charge in [-0.2, -0.15) is 96.6 Å². The number of halogens is 26. The van der Waals surface area contributed by atoms with Crippen LogP contribution >= 0.6 is 0 Å². The number of ether oxygens (including phenoxy) is 2. The van der Waals surface area contributed by atoms with Crippen molar-refractivity contribution in [2.45, 2.75) is 111 Å². The minimum Gasteiger partial charge on any atom is -0.418 e. The number of alkyl halides is 26. The lowest BCUT2D eigenvalue weighted by molar-refractivity contribution is -0.442. The summed E-state index contributed by atoms with van der Waals surface area (Å²) in [6.45, 7) is -0.674. The zero-order valence-electron chi connectivity index (χ0n) is 25.9. The van der Waals surface area contributed by atoms with Crippen LogP contribution in [0.25, 0.3) is 0 Å². The highest BCUT2D eigenvalue weighted by molar-refractivity contribution is 5.92. The van der Waals surface area contributed by atoms with Gasteiger partial charge < -0.3 is 9.47 Å². The fourth-order valence-electron chi connectivity index (χ4n) is 3.50. The van der Waals surface area contributed by atoms with Gasteiger partial charge in [0.05, 0.1) is 0 Å². The monoisotopic (exact) mass is 864 g/mol. The summed E-state index contributed by atoms with van der Waals surface area (Å²) < 4.78 is 362. The van der Waals surface area contributed by atoms with E-state index in [-0.39, 0.29) is 27.7 Å². The molecule has 0 fully saturated rings. The summed E-state index contributed by atoms with van der Waals surface area (Å²) in [6, 6.07) is 0. The summed E-state index contributed by atoms with van der Waals surface area (Å²) in [4.78, 5) is 23.6. The second kappa shape index (κ2) is 14.4. The lowest BCUT2D eigenvalue weighted by atomic mass is 9.86. The van der Waals surface area contributed by atoms with E-state index in [1.807, 2.05) is 0 Å². The first-order chi connectivity index (χ1) is 23.3. The highest BCUT2D eigenvalue weighted by Gasteiger charge is 2.93. The van der Waals surface area contributed by atoms with E-state index < -0.39 is 120 Å². The van der Waals surface area contributed by atoms with Crippen molar-refractivity contribution in [3.8, 4) is 0 Å². The second-order valence-electron chi connectivity index (χ2n) is 11.2. The Morgan fingerprint density at radius 3 is 0.722 bits per heavy atom. The van der Waals surface area contributed by atoms with Crippen LogP contribution in [-0.2, 0) is 19.1 Å². The van der Waals surface area contributed by atoms with Gasteiger partial charge in [0, 0.05) is 24.0 Å². The van der Waals surface area contributed by atoms with Crippen LogP contribution in [-0.4, -0.2) is 95.7 Å². The second-order valence-corrected chi connectivity index (χ2v) is 11.2. The molecule has 0 radical (unpaired) electrons. The van der Waals surface area contributed by atoms with Crippen LogP contribution in [0.15, 0.2) is 12.2 Å². The van der Waals surface area contributed by atoms with Gasteiger partial charge in [-0.25, -0.2) is 27.2 Å². The summed E-state index contributed by atoms with van der Waals surface area (Å²) in [6.07, 6.45) is -14.3. The molecule has 0 rings (SSSR count). The topological polar surface area (TPSA) is 52.6 Å². The Kier molecular flexibility index (Phi) is 13.6. The van der Waals surface area contributed by atoms with Crippen LogP contribution in [0, 0.1) is 11.8 Å². The highest BCUT2D eigenvalue weighted by atomic mass is 19.4. The van der Waals surface area contributed by atoms with Gasteiger partial charge >= 0.3 is 95.7 Å². The predicted molar refractivity (Wildman–Crippen MR) is 120 cm³/mol. The quantitative estimate of drug-likeness (QED) is 0.0783. The maximum Gasteiger partial charge on any atom is 0.385 e. The van der Waals surface area contributed by atoms with Crippen LogP contribution in [0.3, 0.4) is 0 Å². The Morgan fingerprint density at radius 1 is 0.370 bits per heavy atom. The summed E-state index contributed by atoms with van der Waals surface area (Å²) in [5.41, 5.74) is 0. The predicted octanol–water partition coefficient (Wildman–Crippen LogP) is 10.2. The molecule has 0 aromatic rings. The SMILES string of the molecule is CC(C)C(F)(OC(=O)/C=C/C(=O)OC(F)(C(C)C)C(F)(F)C(F)(F)C(F)(F)C(F)(F)C(F)(F)C(F)F)C(F)(F)C(F)(F)C(F)(F)C(F)(F)C(F)(F)C(F)F. The molecule has 4 nitrogen and oxygen atoms in total. The van der Waals surface area contributed by atoms with Crippen LogP contribution in [0.2, 0.25) is 0 Å². The summed E-state index contributed by atoms with van der Waals surface area (Å²) >= 11 is 0. The third-order valence-corrected chi connectivity index (χ3v) is 6.95. The average molecular weight is 864 g/mol. The Labute approximate surface area is 281 Å². The number of rotatable bonds is 18. The lowest BCUT2D eigenvalue weighted by Gasteiger charge is -2.44. The molecule has 0 aliphatic heterocycles. The highest BCUT2D eigenvalue weighted by Crippen LogP contribution is 2.63. The molecule has 30 heteroatoms. The number of hydrogen-bond acceptors (Lipinski definition) is 4. The van der Waals surface area contributed by atoms with Crippen molar-refractivity contribution < 1.29 is 133 Å². The van der Waals surface area contributed by atoms with Crippen molar-refractivity contribution >= 4 is 11.9 Å². The molecule has 0 aliphatic carbocycles. The van der Waals surface area contributed by atoms with Crippen LogP contribution in [0.4, 0.5) is 114 Å². The smallest absolute Gasteiger partial charge is 0.385 e. The third kappa shape index (κ3) is 7.07.